The van der Waals surface area contributed by atoms with Crippen LogP contribution >= 0.6 is 11.6 Å². The molecule has 17 heavy (non-hydrogen) atoms. The molecule has 1 aromatic carbocycles. The van der Waals surface area contributed by atoms with Gasteiger partial charge in [0.15, 0.2) is 0 Å². The standard InChI is InChI=1S/C11H9ClN2O3/c12-7-1-3-8(4-2-7)13-11-14-9(6-17-11)5-10(15)16/h1-4,6H,5H2,(H,13,14)(H,15,16). The number of carbonyl (C=O) groups is 1. The third kappa shape index (κ3) is 3.22. The average Bonchev–Trinajstić information content (AvgIpc) is 2.68. The normalized spacial score (nSPS) is 10.2. The molecule has 2 aromatic rings. The molecule has 0 saturated carbocycles. The van der Waals surface area contributed by atoms with Crippen molar-refractivity contribution in [3.05, 3.63) is 41.2 Å². The predicted octanol–water partition coefficient (Wildman–Crippen LogP) is 2.70. The molecule has 1 aromatic heterocycles. The van der Waals surface area contributed by atoms with Crippen molar-refractivity contribution in [1.82, 2.24) is 4.98 Å². The number of anilines is 2. The van der Waals surface area contributed by atoms with Crippen molar-refractivity contribution in [2.45, 2.75) is 6.42 Å². The van der Waals surface area contributed by atoms with Crippen LogP contribution in [-0.4, -0.2) is 16.1 Å². The third-order valence-corrected chi connectivity index (χ3v) is 2.23. The maximum atomic E-state index is 10.5. The molecule has 0 fully saturated rings. The number of rotatable bonds is 4. The highest BCUT2D eigenvalue weighted by Gasteiger charge is 2.07. The Morgan fingerprint density at radius 3 is 2.76 bits per heavy atom. The van der Waals surface area contributed by atoms with E-state index in [1.807, 2.05) is 0 Å². The van der Waals surface area contributed by atoms with Gasteiger partial charge in [-0.05, 0) is 24.3 Å². The van der Waals surface area contributed by atoms with Gasteiger partial charge in [-0.25, -0.2) is 0 Å². The molecule has 0 spiro atoms. The van der Waals surface area contributed by atoms with Gasteiger partial charge >= 0.3 is 5.97 Å². The van der Waals surface area contributed by atoms with Gasteiger partial charge in [0, 0.05) is 10.7 Å². The monoisotopic (exact) mass is 252 g/mol. The zero-order valence-corrected chi connectivity index (χ0v) is 9.44. The van der Waals surface area contributed by atoms with Crippen molar-refractivity contribution in [2.24, 2.45) is 0 Å². The maximum absolute atomic E-state index is 10.5. The second-order valence-electron chi connectivity index (χ2n) is 3.35. The topological polar surface area (TPSA) is 75.4 Å². The molecule has 88 valence electrons. The van der Waals surface area contributed by atoms with Gasteiger partial charge in [0.2, 0.25) is 0 Å². The van der Waals surface area contributed by atoms with Crippen molar-refractivity contribution in [3.8, 4) is 0 Å². The van der Waals surface area contributed by atoms with Gasteiger partial charge < -0.3 is 14.8 Å². The molecule has 0 saturated heterocycles. The molecule has 0 aliphatic carbocycles. The van der Waals surface area contributed by atoms with E-state index in [1.54, 1.807) is 24.3 Å². The summed E-state index contributed by atoms with van der Waals surface area (Å²) in [5, 5.41) is 12.1. The minimum Gasteiger partial charge on any atom is -0.481 e. The summed E-state index contributed by atoms with van der Waals surface area (Å²) in [5.74, 6) is -0.948. The molecule has 2 N–H and O–H groups in total. The number of oxazole rings is 1. The molecule has 2 rings (SSSR count). The number of carboxylic acids is 1. The van der Waals surface area contributed by atoms with Crippen LogP contribution in [0.2, 0.25) is 5.02 Å². The lowest BCUT2D eigenvalue weighted by atomic mass is 10.3. The first kappa shape index (κ1) is 11.5. The van der Waals surface area contributed by atoms with Crippen LogP contribution in [0, 0.1) is 0 Å². The fourth-order valence-corrected chi connectivity index (χ4v) is 1.38. The first-order valence-corrected chi connectivity index (χ1v) is 5.20. The lowest BCUT2D eigenvalue weighted by Gasteiger charge is -2.00. The zero-order valence-electron chi connectivity index (χ0n) is 8.68. The van der Waals surface area contributed by atoms with E-state index in [0.717, 1.165) is 5.69 Å². The third-order valence-electron chi connectivity index (χ3n) is 1.98. The van der Waals surface area contributed by atoms with Crippen LogP contribution in [0.15, 0.2) is 34.9 Å². The molecular formula is C11H9ClN2O3. The quantitative estimate of drug-likeness (QED) is 0.875. The number of halogens is 1. The Morgan fingerprint density at radius 2 is 2.12 bits per heavy atom. The Bertz CT molecular complexity index is 522. The number of nitrogens with zero attached hydrogens (tertiary/aromatic N) is 1. The van der Waals surface area contributed by atoms with Gasteiger partial charge in [0.25, 0.3) is 6.01 Å². The predicted molar refractivity (Wildman–Crippen MR) is 62.6 cm³/mol. The fourth-order valence-electron chi connectivity index (χ4n) is 1.26. The van der Waals surface area contributed by atoms with E-state index < -0.39 is 5.97 Å². The molecule has 6 heteroatoms. The van der Waals surface area contributed by atoms with Crippen molar-refractivity contribution in [3.63, 3.8) is 0 Å². The van der Waals surface area contributed by atoms with E-state index in [2.05, 4.69) is 10.3 Å². The second-order valence-corrected chi connectivity index (χ2v) is 3.78. The average molecular weight is 253 g/mol. The largest absolute Gasteiger partial charge is 0.481 e. The van der Waals surface area contributed by atoms with Gasteiger partial charge in [0.1, 0.15) is 6.26 Å². The highest BCUT2D eigenvalue weighted by molar-refractivity contribution is 6.30. The minimum absolute atomic E-state index is 0.161. The van der Waals surface area contributed by atoms with E-state index in [4.69, 9.17) is 21.1 Å². The van der Waals surface area contributed by atoms with Gasteiger partial charge in [0.05, 0.1) is 12.1 Å². The van der Waals surface area contributed by atoms with E-state index in [1.165, 1.54) is 6.26 Å². The number of aliphatic carboxylic acids is 1. The number of nitrogens with one attached hydrogen (secondary N) is 1. The van der Waals surface area contributed by atoms with E-state index in [0.29, 0.717) is 10.7 Å². The van der Waals surface area contributed by atoms with Crippen LogP contribution in [0.5, 0.6) is 0 Å². The molecule has 0 unspecified atom stereocenters. The first-order chi connectivity index (χ1) is 8.13. The summed E-state index contributed by atoms with van der Waals surface area (Å²) in [7, 11) is 0. The molecule has 1 heterocycles. The number of hydrogen-bond acceptors (Lipinski definition) is 4. The Kier molecular flexibility index (Phi) is 3.30. The minimum atomic E-state index is -0.948. The lowest BCUT2D eigenvalue weighted by molar-refractivity contribution is -0.136. The Hall–Kier alpha value is -2.01. The van der Waals surface area contributed by atoms with Crippen molar-refractivity contribution in [1.29, 1.82) is 0 Å². The highest BCUT2D eigenvalue weighted by Crippen LogP contribution is 2.18. The fraction of sp³-hybridized carbons (Fsp3) is 0.0909. The second kappa shape index (κ2) is 4.88. The van der Waals surface area contributed by atoms with Crippen molar-refractivity contribution < 1.29 is 14.3 Å². The summed E-state index contributed by atoms with van der Waals surface area (Å²) in [6.07, 6.45) is 1.15. The number of hydrogen-bond donors (Lipinski definition) is 2. The molecular weight excluding hydrogens is 244 g/mol. The van der Waals surface area contributed by atoms with Crippen LogP contribution in [0.4, 0.5) is 11.7 Å². The summed E-state index contributed by atoms with van der Waals surface area (Å²) in [6.45, 7) is 0. The molecule has 0 bridgehead atoms. The van der Waals surface area contributed by atoms with Gasteiger partial charge in [-0.2, -0.15) is 4.98 Å². The maximum Gasteiger partial charge on any atom is 0.309 e. The molecule has 0 aliphatic heterocycles. The van der Waals surface area contributed by atoms with Crippen molar-refractivity contribution >= 4 is 29.3 Å². The van der Waals surface area contributed by atoms with Crippen molar-refractivity contribution in [2.75, 3.05) is 5.32 Å². The highest BCUT2D eigenvalue weighted by atomic mass is 35.5. The Balaban J connectivity index is 2.06. The Labute approximate surface area is 102 Å². The van der Waals surface area contributed by atoms with Crippen LogP contribution in [0.25, 0.3) is 0 Å². The van der Waals surface area contributed by atoms with E-state index >= 15 is 0 Å². The molecule has 0 atom stereocenters. The summed E-state index contributed by atoms with van der Waals surface area (Å²) < 4.78 is 5.08. The van der Waals surface area contributed by atoms with E-state index in [9.17, 15) is 4.79 Å². The van der Waals surface area contributed by atoms with Crippen LogP contribution in [-0.2, 0) is 11.2 Å². The summed E-state index contributed by atoms with van der Waals surface area (Å²) >= 11 is 5.74. The van der Waals surface area contributed by atoms with Crippen LogP contribution < -0.4 is 5.32 Å². The zero-order chi connectivity index (χ0) is 12.3. The first-order valence-electron chi connectivity index (χ1n) is 4.82. The molecule has 5 nitrogen and oxygen atoms in total. The molecule has 0 aliphatic rings. The van der Waals surface area contributed by atoms with Crippen LogP contribution in [0.1, 0.15) is 5.69 Å². The molecule has 0 amide bonds. The smallest absolute Gasteiger partial charge is 0.309 e. The summed E-state index contributed by atoms with van der Waals surface area (Å²) in [5.41, 5.74) is 1.13. The number of aromatic nitrogens is 1. The summed E-state index contributed by atoms with van der Waals surface area (Å²) in [6, 6.07) is 7.24. The number of carboxylic acid groups (broad SMARTS) is 1. The van der Waals surface area contributed by atoms with Gasteiger partial charge in [-0.1, -0.05) is 11.6 Å². The van der Waals surface area contributed by atoms with Gasteiger partial charge in [-0.15, -0.1) is 0 Å². The molecule has 0 radical (unpaired) electrons. The lowest BCUT2D eigenvalue weighted by Crippen LogP contribution is -2.00. The number of benzene rings is 1. The SMILES string of the molecule is O=C(O)Cc1coc(Nc2ccc(Cl)cc2)n1. The Morgan fingerprint density at radius 1 is 1.41 bits per heavy atom. The van der Waals surface area contributed by atoms with E-state index in [-0.39, 0.29) is 12.4 Å². The van der Waals surface area contributed by atoms with Gasteiger partial charge in [-0.3, -0.25) is 4.79 Å². The summed E-state index contributed by atoms with van der Waals surface area (Å²) in [4.78, 5) is 14.4. The van der Waals surface area contributed by atoms with Crippen LogP contribution in [0.3, 0.4) is 0 Å².